The highest BCUT2D eigenvalue weighted by Crippen LogP contribution is 2.53. The number of cyclic esters (lactones) is 1. The molecule has 2 fully saturated rings. The number of primary amides is 1. The Bertz CT molecular complexity index is 4450. The molecule has 648 valence electrons. The summed E-state index contributed by atoms with van der Waals surface area (Å²) in [6, 6.07) is 11.6. The van der Waals surface area contributed by atoms with Crippen LogP contribution in [0.1, 0.15) is 125 Å². The van der Waals surface area contributed by atoms with Crippen LogP contribution in [0.3, 0.4) is 0 Å². The molecule has 2 aliphatic carbocycles. The maximum atomic E-state index is 13.9. The lowest BCUT2D eigenvalue weighted by Gasteiger charge is -2.31. The number of aliphatic hydroxyl groups is 1. The van der Waals surface area contributed by atoms with Crippen LogP contribution >= 0.6 is 0 Å². The fourth-order valence-corrected chi connectivity index (χ4v) is 14.7. The predicted octanol–water partition coefficient (Wildman–Crippen LogP) is 4.32. The standard InChI is InChI=1S/C81H109N13O25/c1-7-55-58-43-54(15-18-63(58)86-73-59(55)45-92-66(73)44-62-61(75(92)101)48-115-76(102)81(62,107)8-2)118-80(106)91(6)27-26-90(5)79(105)117-46-51-11-13-53(14-12-51)85-74(100)52(10-9-24-83-77(82)103)42-67(95)72(50(3)4)87-68(96)49-114-41-40-113-37-34-110-31-28-93-65-20-17-57-56(16-19-64(65)88-89-93)60(57)47-116-78(104)84-25-30-109-33-36-112-39-38-111-35-32-108-29-23-71(99)119-94-69(97)21-22-70(94)98/h11-15,18,43-44,50,52,56-57,60,72,107H,7-10,16-17,19-42,45-49H2,1-6H3,(H,84,104)(H,85,100)(H,87,96)(H3,82,83,103)/t52-,56-,57+,60-,72+,81+/m1/s1. The van der Waals surface area contributed by atoms with E-state index in [2.05, 4.69) is 31.6 Å². The molecule has 1 saturated heterocycles. The molecule has 5 aliphatic rings. The summed E-state index contributed by atoms with van der Waals surface area (Å²) in [5.74, 6) is -3.80. The molecule has 9 amide bonds. The minimum absolute atomic E-state index is 0.0181. The molecule has 6 heterocycles. The lowest BCUT2D eigenvalue weighted by molar-refractivity contribution is -0.198. The Hall–Kier alpha value is -10.6. The SMILES string of the molecule is CCc1c2c(nc3ccc(OC(=O)N(C)CCN(C)C(=O)OCc4ccc(NC(=O)[C@H](CCCNC(N)=O)CC(=O)[C@@H](NC(=O)COCCOCCOCCn5nnc6c5CC[C@H]5[C@@H](CC6)[C@H]5COC(=O)NCCOCCOCCOCCOCCC(=O)ON5C(=O)CCC5=O)C(C)C)cc4)cc13)-c1cc3c(c(=O)n1C2)COC(=O)[C@]3(O)CC. The predicted molar refractivity (Wildman–Crippen MR) is 421 cm³/mol. The van der Waals surface area contributed by atoms with Gasteiger partial charge in [0.15, 0.2) is 11.4 Å². The number of carbonyl (C=O) groups excluding carboxylic acids is 11. The van der Waals surface area contributed by atoms with Gasteiger partial charge in [0, 0.05) is 87.7 Å². The number of likely N-dealkylation sites (N-methyl/N-ethyl adjacent to an activating group) is 2. The maximum absolute atomic E-state index is 13.9. The Kier molecular flexibility index (Phi) is 33.9. The first-order chi connectivity index (χ1) is 57.3. The number of aromatic nitrogens is 5. The molecule has 38 nitrogen and oxygen atoms in total. The minimum Gasteiger partial charge on any atom is -0.458 e. The number of hydrogen-bond acceptors (Lipinski definition) is 28. The lowest BCUT2D eigenvalue weighted by Crippen LogP contribution is -2.47. The summed E-state index contributed by atoms with van der Waals surface area (Å²) in [7, 11) is 3.05. The van der Waals surface area contributed by atoms with Gasteiger partial charge in [-0.25, -0.2) is 38.4 Å². The quantitative estimate of drug-likeness (QED) is 0.0134. The number of ketones is 1. The van der Waals surface area contributed by atoms with Gasteiger partial charge in [0.1, 0.15) is 25.6 Å². The van der Waals surface area contributed by atoms with Gasteiger partial charge in [-0.2, -0.15) is 0 Å². The van der Waals surface area contributed by atoms with Gasteiger partial charge in [-0.05, 0) is 123 Å². The summed E-state index contributed by atoms with van der Waals surface area (Å²) >= 11 is 0. The van der Waals surface area contributed by atoms with E-state index in [4.69, 9.17) is 67.7 Å². The number of anilines is 1. The molecule has 119 heavy (non-hydrogen) atoms. The second kappa shape index (κ2) is 44.4. The van der Waals surface area contributed by atoms with Crippen LogP contribution in [-0.2, 0) is 137 Å². The van der Waals surface area contributed by atoms with Gasteiger partial charge in [0.05, 0.1) is 152 Å². The zero-order valence-electron chi connectivity index (χ0n) is 68.2. The second-order valence-corrected chi connectivity index (χ2v) is 29.9. The van der Waals surface area contributed by atoms with Gasteiger partial charge in [0.2, 0.25) is 11.8 Å². The number of hydrogen-bond donors (Lipinski definition) is 6. The van der Waals surface area contributed by atoms with Crippen LogP contribution < -0.4 is 37.3 Å². The monoisotopic (exact) mass is 1660 g/mol. The fraction of sp³-hybridized carbons (Fsp3) is 0.593. The van der Waals surface area contributed by atoms with E-state index in [9.17, 15) is 62.6 Å². The Morgan fingerprint density at radius 1 is 0.731 bits per heavy atom. The summed E-state index contributed by atoms with van der Waals surface area (Å²) in [5.41, 5.74) is 9.76. The third-order valence-electron chi connectivity index (χ3n) is 21.5. The highest BCUT2D eigenvalue weighted by atomic mass is 16.7. The normalized spacial score (nSPS) is 17.5. The average molecular weight is 1660 g/mol. The number of imide groups is 1. The van der Waals surface area contributed by atoms with Crippen molar-refractivity contribution in [3.05, 3.63) is 98.1 Å². The Balaban J connectivity index is 0.550. The summed E-state index contributed by atoms with van der Waals surface area (Å²) in [6.45, 7) is 11.5. The second-order valence-electron chi connectivity index (χ2n) is 29.9. The topological polar surface area (TPSA) is 468 Å². The van der Waals surface area contributed by atoms with Crippen LogP contribution in [0.15, 0.2) is 53.3 Å². The van der Waals surface area contributed by atoms with Crippen molar-refractivity contribution in [1.29, 1.82) is 0 Å². The number of urea groups is 1. The fourth-order valence-electron chi connectivity index (χ4n) is 14.7. The number of alkyl carbamates (subject to hydrolysis) is 1. The van der Waals surface area contributed by atoms with Crippen LogP contribution in [0, 0.1) is 29.6 Å². The van der Waals surface area contributed by atoms with Gasteiger partial charge in [-0.1, -0.05) is 45.0 Å². The summed E-state index contributed by atoms with van der Waals surface area (Å²) in [4.78, 5) is 165. The molecule has 0 unspecified atom stereocenters. The highest BCUT2D eigenvalue weighted by Gasteiger charge is 2.51. The molecule has 0 radical (unpaired) electrons. The number of esters is 1. The van der Waals surface area contributed by atoms with E-state index in [0.717, 1.165) is 53.6 Å². The number of nitrogens with one attached hydrogen (secondary N) is 4. The summed E-state index contributed by atoms with van der Waals surface area (Å²) in [6.07, 6.45) is 2.37. The number of hydroxylamine groups is 2. The zero-order valence-corrected chi connectivity index (χ0v) is 68.2. The van der Waals surface area contributed by atoms with E-state index in [1.165, 1.54) is 23.9 Å². The van der Waals surface area contributed by atoms with Crippen LogP contribution in [0.25, 0.3) is 22.3 Å². The van der Waals surface area contributed by atoms with Crippen molar-refractivity contribution in [2.24, 2.45) is 35.3 Å². The first-order valence-electron chi connectivity index (χ1n) is 40.5. The van der Waals surface area contributed by atoms with E-state index in [-0.39, 0.29) is 177 Å². The molecule has 0 spiro atoms. The summed E-state index contributed by atoms with van der Waals surface area (Å²) in [5, 5.41) is 32.3. The van der Waals surface area contributed by atoms with Crippen molar-refractivity contribution in [2.75, 3.05) is 145 Å². The van der Waals surface area contributed by atoms with E-state index in [0.29, 0.717) is 111 Å². The first-order valence-corrected chi connectivity index (χ1v) is 40.5. The Labute approximate surface area is 687 Å². The van der Waals surface area contributed by atoms with Crippen molar-refractivity contribution in [3.63, 3.8) is 0 Å². The number of rotatable bonds is 48. The number of Topliss-reactive ketones (excluding diaryl/α,β-unsaturated/α-hetero) is 1. The Morgan fingerprint density at radius 3 is 2.04 bits per heavy atom. The third-order valence-corrected chi connectivity index (χ3v) is 21.5. The number of nitrogens with zero attached hydrogens (tertiary/aromatic N) is 8. The lowest BCUT2D eigenvalue weighted by atomic mass is 9.86. The van der Waals surface area contributed by atoms with Crippen LogP contribution in [0.5, 0.6) is 5.75 Å². The van der Waals surface area contributed by atoms with Gasteiger partial charge in [0.25, 0.3) is 17.4 Å². The zero-order chi connectivity index (χ0) is 85.1. The number of aryl methyl sites for hydroxylation is 2. The summed E-state index contributed by atoms with van der Waals surface area (Å²) < 4.78 is 64.5. The largest absolute Gasteiger partial charge is 0.458 e. The van der Waals surface area contributed by atoms with Crippen LogP contribution in [0.4, 0.5) is 24.9 Å². The van der Waals surface area contributed by atoms with Crippen molar-refractivity contribution >= 4 is 82.3 Å². The molecular weight excluding hydrogens is 1550 g/mol. The number of pyridine rings is 2. The molecule has 38 heteroatoms. The van der Waals surface area contributed by atoms with Gasteiger partial charge < -0.3 is 103 Å². The molecule has 0 bridgehead atoms. The molecule has 2 aromatic carbocycles. The number of benzene rings is 2. The van der Waals surface area contributed by atoms with Gasteiger partial charge in [-0.3, -0.25) is 28.8 Å². The molecule has 6 atom stereocenters. The molecule has 5 aromatic rings. The smallest absolute Gasteiger partial charge is 0.415 e. The van der Waals surface area contributed by atoms with E-state index in [1.54, 1.807) is 73.9 Å². The maximum Gasteiger partial charge on any atom is 0.415 e. The number of ether oxygens (including phenoxy) is 11. The molecule has 1 saturated carbocycles. The number of fused-ring (bicyclic) bond motifs is 7. The highest BCUT2D eigenvalue weighted by molar-refractivity contribution is 6.02. The minimum atomic E-state index is -1.96. The Morgan fingerprint density at radius 2 is 1.38 bits per heavy atom. The van der Waals surface area contributed by atoms with Crippen LogP contribution in [0.2, 0.25) is 0 Å². The molecular formula is C81H109N13O25. The van der Waals surface area contributed by atoms with Gasteiger partial charge >= 0.3 is 36.2 Å². The van der Waals surface area contributed by atoms with Crippen molar-refractivity contribution in [2.45, 2.75) is 143 Å². The molecule has 3 aliphatic heterocycles. The molecule has 3 aromatic heterocycles. The van der Waals surface area contributed by atoms with Gasteiger partial charge in [-0.15, -0.1) is 10.2 Å². The number of carbonyl (C=O) groups is 11. The molecule has 10 rings (SSSR count). The first kappa shape index (κ1) is 90.7. The van der Waals surface area contributed by atoms with Crippen LogP contribution in [-0.4, -0.2) is 256 Å². The third kappa shape index (κ3) is 25.2. The van der Waals surface area contributed by atoms with Crippen molar-refractivity contribution in [3.8, 4) is 17.1 Å². The van der Waals surface area contributed by atoms with Crippen molar-refractivity contribution in [1.82, 2.24) is 55.4 Å². The van der Waals surface area contributed by atoms with E-state index >= 15 is 0 Å². The molecule has 7 N–H and O–H groups in total. The number of amides is 9. The average Bonchev–Trinajstić information content (AvgIpc) is 1.61. The van der Waals surface area contributed by atoms with E-state index < -0.39 is 77.4 Å². The van der Waals surface area contributed by atoms with E-state index in [1.807, 2.05) is 11.6 Å². The van der Waals surface area contributed by atoms with Crippen molar-refractivity contribution < 1.29 is 115 Å². The number of nitrogens with two attached hydrogens (primary N) is 1.